The molecule has 20 heavy (non-hydrogen) atoms. The van der Waals surface area contributed by atoms with Gasteiger partial charge in [0.25, 0.3) is 5.91 Å². The molecule has 0 spiro atoms. The maximum absolute atomic E-state index is 11.9. The minimum Gasteiger partial charge on any atom is -0.368 e. The summed E-state index contributed by atoms with van der Waals surface area (Å²) in [7, 11) is 0. The number of pyridine rings is 1. The van der Waals surface area contributed by atoms with E-state index in [9.17, 15) is 4.79 Å². The van der Waals surface area contributed by atoms with Crippen LogP contribution in [0.3, 0.4) is 0 Å². The zero-order valence-electron chi connectivity index (χ0n) is 11.2. The molecule has 2 aromatic rings. The lowest BCUT2D eigenvalue weighted by Gasteiger charge is -2.07. The summed E-state index contributed by atoms with van der Waals surface area (Å²) in [5, 5.41) is 6.00. The summed E-state index contributed by atoms with van der Waals surface area (Å²) in [6, 6.07) is 11.3. The van der Waals surface area contributed by atoms with E-state index in [4.69, 9.17) is 0 Å². The van der Waals surface area contributed by atoms with E-state index in [-0.39, 0.29) is 5.91 Å². The molecule has 0 aliphatic heterocycles. The molecule has 0 saturated heterocycles. The highest BCUT2D eigenvalue weighted by molar-refractivity contribution is 9.10. The van der Waals surface area contributed by atoms with Gasteiger partial charge < -0.3 is 10.6 Å². The molecule has 1 aromatic carbocycles. The first-order chi connectivity index (χ1) is 9.65. The van der Waals surface area contributed by atoms with Crippen LogP contribution < -0.4 is 10.6 Å². The molecule has 5 heteroatoms. The SMILES string of the molecule is Cc1ccc(C(=O)NCCNc2ccc(Br)cn2)cc1. The molecule has 0 aliphatic rings. The molecule has 1 heterocycles. The highest BCUT2D eigenvalue weighted by Gasteiger charge is 2.03. The monoisotopic (exact) mass is 333 g/mol. The Kier molecular flexibility index (Phi) is 5.12. The second-order valence-electron chi connectivity index (χ2n) is 4.41. The zero-order valence-corrected chi connectivity index (χ0v) is 12.8. The maximum atomic E-state index is 11.9. The van der Waals surface area contributed by atoms with Crippen molar-refractivity contribution in [2.45, 2.75) is 6.92 Å². The van der Waals surface area contributed by atoms with Crippen molar-refractivity contribution >= 4 is 27.7 Å². The number of amides is 1. The summed E-state index contributed by atoms with van der Waals surface area (Å²) in [6.07, 6.45) is 1.73. The van der Waals surface area contributed by atoms with Gasteiger partial charge in [0.2, 0.25) is 0 Å². The first kappa shape index (κ1) is 14.5. The molecular weight excluding hydrogens is 318 g/mol. The normalized spacial score (nSPS) is 10.1. The van der Waals surface area contributed by atoms with Crippen molar-refractivity contribution in [1.29, 1.82) is 0 Å². The van der Waals surface area contributed by atoms with Gasteiger partial charge in [0.1, 0.15) is 5.82 Å². The summed E-state index contributed by atoms with van der Waals surface area (Å²) >= 11 is 3.33. The van der Waals surface area contributed by atoms with Gasteiger partial charge in [0, 0.05) is 29.3 Å². The molecule has 0 radical (unpaired) electrons. The molecule has 104 valence electrons. The Labute approximate surface area is 126 Å². The van der Waals surface area contributed by atoms with Crippen molar-refractivity contribution in [1.82, 2.24) is 10.3 Å². The number of hydrogen-bond donors (Lipinski definition) is 2. The number of carbonyl (C=O) groups excluding carboxylic acids is 1. The molecular formula is C15H16BrN3O. The Morgan fingerprint density at radius 3 is 2.55 bits per heavy atom. The lowest BCUT2D eigenvalue weighted by atomic mass is 10.1. The molecule has 0 unspecified atom stereocenters. The van der Waals surface area contributed by atoms with Crippen molar-refractivity contribution in [3.8, 4) is 0 Å². The molecule has 0 saturated carbocycles. The van der Waals surface area contributed by atoms with E-state index in [2.05, 4.69) is 31.5 Å². The van der Waals surface area contributed by atoms with Crippen LogP contribution >= 0.6 is 15.9 Å². The number of nitrogens with zero attached hydrogens (tertiary/aromatic N) is 1. The van der Waals surface area contributed by atoms with Crippen LogP contribution in [0.2, 0.25) is 0 Å². The molecule has 2 N–H and O–H groups in total. The van der Waals surface area contributed by atoms with Gasteiger partial charge in [-0.25, -0.2) is 4.98 Å². The van der Waals surface area contributed by atoms with Crippen molar-refractivity contribution in [3.05, 3.63) is 58.2 Å². The van der Waals surface area contributed by atoms with Crippen LogP contribution in [-0.4, -0.2) is 24.0 Å². The first-order valence-electron chi connectivity index (χ1n) is 6.35. The summed E-state index contributed by atoms with van der Waals surface area (Å²) in [5.74, 6) is 0.730. The van der Waals surface area contributed by atoms with Crippen LogP contribution in [0.5, 0.6) is 0 Å². The van der Waals surface area contributed by atoms with E-state index in [1.165, 1.54) is 0 Å². The van der Waals surface area contributed by atoms with Crippen molar-refractivity contribution in [2.75, 3.05) is 18.4 Å². The Morgan fingerprint density at radius 2 is 1.90 bits per heavy atom. The Bertz CT molecular complexity index is 567. The van der Waals surface area contributed by atoms with E-state index in [1.807, 2.05) is 43.3 Å². The number of aromatic nitrogens is 1. The maximum Gasteiger partial charge on any atom is 0.251 e. The summed E-state index contributed by atoms with van der Waals surface area (Å²) in [5.41, 5.74) is 1.82. The van der Waals surface area contributed by atoms with Gasteiger partial charge in [-0.3, -0.25) is 4.79 Å². The Morgan fingerprint density at radius 1 is 1.15 bits per heavy atom. The van der Waals surface area contributed by atoms with Crippen LogP contribution in [0.1, 0.15) is 15.9 Å². The molecule has 0 atom stereocenters. The number of anilines is 1. The van der Waals surface area contributed by atoms with Crippen molar-refractivity contribution in [3.63, 3.8) is 0 Å². The van der Waals surface area contributed by atoms with Gasteiger partial charge in [0.15, 0.2) is 0 Å². The minimum absolute atomic E-state index is 0.0597. The second-order valence-corrected chi connectivity index (χ2v) is 5.33. The highest BCUT2D eigenvalue weighted by Crippen LogP contribution is 2.09. The van der Waals surface area contributed by atoms with Gasteiger partial charge in [-0.2, -0.15) is 0 Å². The fourth-order valence-corrected chi connectivity index (χ4v) is 1.89. The van der Waals surface area contributed by atoms with E-state index in [1.54, 1.807) is 6.20 Å². The number of rotatable bonds is 5. The summed E-state index contributed by atoms with van der Waals surface area (Å²) in [4.78, 5) is 16.0. The van der Waals surface area contributed by atoms with Gasteiger partial charge in [-0.15, -0.1) is 0 Å². The lowest BCUT2D eigenvalue weighted by Crippen LogP contribution is -2.28. The van der Waals surface area contributed by atoms with Crippen LogP contribution in [-0.2, 0) is 0 Å². The molecule has 0 fully saturated rings. The Hall–Kier alpha value is -1.88. The number of aryl methyl sites for hydroxylation is 1. The molecule has 1 aromatic heterocycles. The summed E-state index contributed by atoms with van der Waals surface area (Å²) in [6.45, 7) is 3.17. The standard InChI is InChI=1S/C15H16BrN3O/c1-11-2-4-12(5-3-11)15(20)18-9-8-17-14-7-6-13(16)10-19-14/h2-7,10H,8-9H2,1H3,(H,17,19)(H,18,20). The molecule has 4 nitrogen and oxygen atoms in total. The number of halogens is 1. The fraction of sp³-hybridized carbons (Fsp3) is 0.200. The lowest BCUT2D eigenvalue weighted by molar-refractivity contribution is 0.0955. The zero-order chi connectivity index (χ0) is 14.4. The third-order valence-corrected chi connectivity index (χ3v) is 3.23. The van der Waals surface area contributed by atoms with Crippen LogP contribution in [0.25, 0.3) is 0 Å². The van der Waals surface area contributed by atoms with Crippen molar-refractivity contribution in [2.24, 2.45) is 0 Å². The molecule has 0 bridgehead atoms. The predicted molar refractivity (Wildman–Crippen MR) is 83.9 cm³/mol. The van der Waals surface area contributed by atoms with E-state index in [0.717, 1.165) is 15.9 Å². The van der Waals surface area contributed by atoms with Gasteiger partial charge in [0.05, 0.1) is 0 Å². The molecule has 1 amide bonds. The predicted octanol–water partition coefficient (Wildman–Crippen LogP) is 2.99. The van der Waals surface area contributed by atoms with E-state index in [0.29, 0.717) is 18.7 Å². The third-order valence-electron chi connectivity index (χ3n) is 2.76. The third kappa shape index (κ3) is 4.35. The average Bonchev–Trinajstić information content (AvgIpc) is 2.46. The minimum atomic E-state index is -0.0597. The van der Waals surface area contributed by atoms with Gasteiger partial charge in [-0.05, 0) is 47.1 Å². The molecule has 0 aliphatic carbocycles. The Balaban J connectivity index is 1.74. The average molecular weight is 334 g/mol. The van der Waals surface area contributed by atoms with E-state index < -0.39 is 0 Å². The molecule has 2 rings (SSSR count). The first-order valence-corrected chi connectivity index (χ1v) is 7.15. The fourth-order valence-electron chi connectivity index (χ4n) is 1.65. The number of benzene rings is 1. The van der Waals surface area contributed by atoms with Gasteiger partial charge in [-0.1, -0.05) is 17.7 Å². The summed E-state index contributed by atoms with van der Waals surface area (Å²) < 4.78 is 0.940. The largest absolute Gasteiger partial charge is 0.368 e. The van der Waals surface area contributed by atoms with Gasteiger partial charge >= 0.3 is 0 Å². The topological polar surface area (TPSA) is 54.0 Å². The van der Waals surface area contributed by atoms with Crippen LogP contribution in [0.15, 0.2) is 47.1 Å². The van der Waals surface area contributed by atoms with Crippen LogP contribution in [0, 0.1) is 6.92 Å². The quantitative estimate of drug-likeness (QED) is 0.827. The highest BCUT2D eigenvalue weighted by atomic mass is 79.9. The van der Waals surface area contributed by atoms with Crippen molar-refractivity contribution < 1.29 is 4.79 Å². The second kappa shape index (κ2) is 7.05. The number of nitrogens with one attached hydrogen (secondary N) is 2. The smallest absolute Gasteiger partial charge is 0.251 e. The van der Waals surface area contributed by atoms with E-state index >= 15 is 0 Å². The van der Waals surface area contributed by atoms with Crippen LogP contribution in [0.4, 0.5) is 5.82 Å². The number of carbonyl (C=O) groups is 1. The number of hydrogen-bond acceptors (Lipinski definition) is 3.